The van der Waals surface area contributed by atoms with Crippen LogP contribution in [0.3, 0.4) is 0 Å². The van der Waals surface area contributed by atoms with Crippen molar-refractivity contribution >= 4 is 28.3 Å². The first-order valence-corrected chi connectivity index (χ1v) is 11.3. The zero-order valence-corrected chi connectivity index (χ0v) is 18.2. The second kappa shape index (κ2) is 9.92. The summed E-state index contributed by atoms with van der Waals surface area (Å²) in [4.78, 5) is 31.8. The molecule has 1 aliphatic rings. The SMILES string of the molecule is Nc1nccc2cc(CCC(=O)[C@@H]3CCCN3C(=O)[C@H](N)CCc3ccccc3)ccc12. The molecule has 4 rings (SSSR count). The fraction of sp³-hybridized carbons (Fsp3) is 0.346. The van der Waals surface area contributed by atoms with Crippen LogP contribution >= 0.6 is 0 Å². The first kappa shape index (κ1) is 22.0. The number of ketones is 1. The van der Waals surface area contributed by atoms with Gasteiger partial charge in [-0.15, -0.1) is 0 Å². The number of fused-ring (bicyclic) bond motifs is 1. The number of nitrogen functional groups attached to an aromatic ring is 1. The summed E-state index contributed by atoms with van der Waals surface area (Å²) < 4.78 is 0. The summed E-state index contributed by atoms with van der Waals surface area (Å²) in [5.41, 5.74) is 14.4. The number of aryl methyl sites for hydroxylation is 2. The van der Waals surface area contributed by atoms with Gasteiger partial charge in [0.25, 0.3) is 0 Å². The number of nitrogens with two attached hydrogens (primary N) is 2. The first-order valence-electron chi connectivity index (χ1n) is 11.3. The molecule has 1 aliphatic heterocycles. The maximum atomic E-state index is 13.0. The summed E-state index contributed by atoms with van der Waals surface area (Å²) in [5, 5.41) is 1.93. The average Bonchev–Trinajstić information content (AvgIpc) is 3.31. The van der Waals surface area contributed by atoms with Crippen molar-refractivity contribution < 1.29 is 9.59 Å². The number of aromatic nitrogens is 1. The molecule has 0 radical (unpaired) electrons. The zero-order chi connectivity index (χ0) is 22.5. The van der Waals surface area contributed by atoms with Gasteiger partial charge in [0.15, 0.2) is 5.78 Å². The van der Waals surface area contributed by atoms with Crippen LogP contribution in [-0.2, 0) is 22.4 Å². The van der Waals surface area contributed by atoms with Gasteiger partial charge in [-0.3, -0.25) is 9.59 Å². The largest absolute Gasteiger partial charge is 0.383 e. The molecule has 6 heteroatoms. The molecule has 0 bridgehead atoms. The molecule has 0 unspecified atom stereocenters. The van der Waals surface area contributed by atoms with Crippen LogP contribution < -0.4 is 11.5 Å². The van der Waals surface area contributed by atoms with Crippen LogP contribution in [0.2, 0.25) is 0 Å². The predicted octanol–water partition coefficient (Wildman–Crippen LogP) is 3.27. The van der Waals surface area contributed by atoms with Crippen LogP contribution in [0.5, 0.6) is 0 Å². The Kier molecular flexibility index (Phi) is 6.81. The predicted molar refractivity (Wildman–Crippen MR) is 127 cm³/mol. The standard InChI is InChI=1S/C26H30N4O2/c27-22(12-9-18-5-2-1-3-6-18)26(32)30-16-4-7-23(30)24(31)13-10-19-8-11-21-20(17-19)14-15-29-25(21)28/h1-3,5-6,8,11,14-15,17,22-23H,4,7,9-10,12-13,16,27H2,(H2,28,29)/t22-,23+/m1/s1. The van der Waals surface area contributed by atoms with Crippen molar-refractivity contribution in [3.05, 3.63) is 71.9 Å². The highest BCUT2D eigenvalue weighted by molar-refractivity contribution is 5.92. The summed E-state index contributed by atoms with van der Waals surface area (Å²) in [6, 6.07) is 17.0. The van der Waals surface area contributed by atoms with Crippen molar-refractivity contribution in [1.82, 2.24) is 9.88 Å². The Balaban J connectivity index is 1.34. The number of amides is 1. The summed E-state index contributed by atoms with van der Waals surface area (Å²) >= 11 is 0. The smallest absolute Gasteiger partial charge is 0.240 e. The number of carbonyl (C=O) groups excluding carboxylic acids is 2. The number of rotatable bonds is 8. The monoisotopic (exact) mass is 430 g/mol. The van der Waals surface area contributed by atoms with E-state index in [4.69, 9.17) is 11.5 Å². The van der Waals surface area contributed by atoms with Crippen LogP contribution in [0.25, 0.3) is 10.8 Å². The Morgan fingerprint density at radius 3 is 2.69 bits per heavy atom. The summed E-state index contributed by atoms with van der Waals surface area (Å²) in [6.07, 6.45) is 5.62. The van der Waals surface area contributed by atoms with E-state index in [0.717, 1.165) is 41.2 Å². The molecular formula is C26H30N4O2. The minimum Gasteiger partial charge on any atom is -0.383 e. The molecule has 1 fully saturated rings. The lowest BCUT2D eigenvalue weighted by atomic mass is 9.99. The van der Waals surface area contributed by atoms with E-state index >= 15 is 0 Å². The number of carbonyl (C=O) groups is 2. The number of hydrogen-bond donors (Lipinski definition) is 2. The van der Waals surface area contributed by atoms with Crippen LogP contribution in [0.1, 0.15) is 36.8 Å². The van der Waals surface area contributed by atoms with Crippen molar-refractivity contribution in [3.63, 3.8) is 0 Å². The zero-order valence-electron chi connectivity index (χ0n) is 18.2. The molecule has 6 nitrogen and oxygen atoms in total. The summed E-state index contributed by atoms with van der Waals surface area (Å²) in [5.74, 6) is 0.514. The molecule has 32 heavy (non-hydrogen) atoms. The molecule has 1 saturated heterocycles. The van der Waals surface area contributed by atoms with Crippen molar-refractivity contribution in [3.8, 4) is 0 Å². The van der Waals surface area contributed by atoms with Crippen LogP contribution in [0, 0.1) is 0 Å². The maximum absolute atomic E-state index is 13.0. The molecule has 2 heterocycles. The van der Waals surface area contributed by atoms with Crippen LogP contribution in [0.15, 0.2) is 60.8 Å². The molecule has 0 saturated carbocycles. The number of nitrogens with zero attached hydrogens (tertiary/aromatic N) is 2. The van der Waals surface area contributed by atoms with Gasteiger partial charge in [-0.1, -0.05) is 48.5 Å². The molecule has 4 N–H and O–H groups in total. The van der Waals surface area contributed by atoms with Gasteiger partial charge in [0.05, 0.1) is 12.1 Å². The van der Waals surface area contributed by atoms with Gasteiger partial charge in [-0.05, 0) is 54.7 Å². The van der Waals surface area contributed by atoms with Crippen molar-refractivity contribution in [2.24, 2.45) is 5.73 Å². The van der Waals surface area contributed by atoms with Gasteiger partial charge in [0.2, 0.25) is 5.91 Å². The molecule has 1 amide bonds. The number of Topliss-reactive ketones (excluding diaryl/α,β-unsaturated/α-hetero) is 1. The highest BCUT2D eigenvalue weighted by Gasteiger charge is 2.35. The van der Waals surface area contributed by atoms with Crippen molar-refractivity contribution in [2.75, 3.05) is 12.3 Å². The molecule has 3 aromatic rings. The van der Waals surface area contributed by atoms with Crippen LogP contribution in [-0.4, -0.2) is 40.2 Å². The summed E-state index contributed by atoms with van der Waals surface area (Å²) in [6.45, 7) is 0.608. The Hall–Kier alpha value is -3.25. The Morgan fingerprint density at radius 2 is 1.88 bits per heavy atom. The molecule has 0 spiro atoms. The number of benzene rings is 2. The second-order valence-corrected chi connectivity index (χ2v) is 8.54. The normalized spacial score (nSPS) is 16.9. The molecule has 166 valence electrons. The third-order valence-electron chi connectivity index (χ3n) is 6.33. The first-order chi connectivity index (χ1) is 15.5. The van der Waals surface area contributed by atoms with Gasteiger partial charge in [0.1, 0.15) is 5.82 Å². The van der Waals surface area contributed by atoms with E-state index in [9.17, 15) is 9.59 Å². The van der Waals surface area contributed by atoms with E-state index < -0.39 is 6.04 Å². The lowest BCUT2D eigenvalue weighted by Crippen LogP contribution is -2.48. The molecule has 2 atom stereocenters. The van der Waals surface area contributed by atoms with E-state index in [1.54, 1.807) is 11.1 Å². The number of pyridine rings is 1. The van der Waals surface area contributed by atoms with Crippen molar-refractivity contribution in [2.45, 2.75) is 50.6 Å². The average molecular weight is 431 g/mol. The Morgan fingerprint density at radius 1 is 1.06 bits per heavy atom. The van der Waals surface area contributed by atoms with Crippen LogP contribution in [0.4, 0.5) is 5.82 Å². The van der Waals surface area contributed by atoms with Gasteiger partial charge in [-0.2, -0.15) is 0 Å². The second-order valence-electron chi connectivity index (χ2n) is 8.54. The van der Waals surface area contributed by atoms with E-state index in [1.807, 2.05) is 48.5 Å². The Labute approximate surface area is 188 Å². The minimum absolute atomic E-state index is 0.106. The van der Waals surface area contributed by atoms with Gasteiger partial charge < -0.3 is 16.4 Å². The molecule has 2 aromatic carbocycles. The number of hydrogen-bond acceptors (Lipinski definition) is 5. The highest BCUT2D eigenvalue weighted by atomic mass is 16.2. The topological polar surface area (TPSA) is 102 Å². The minimum atomic E-state index is -0.580. The fourth-order valence-corrected chi connectivity index (χ4v) is 4.51. The van der Waals surface area contributed by atoms with E-state index in [0.29, 0.717) is 31.6 Å². The van der Waals surface area contributed by atoms with E-state index in [-0.39, 0.29) is 17.7 Å². The maximum Gasteiger partial charge on any atom is 0.240 e. The van der Waals surface area contributed by atoms with Gasteiger partial charge in [-0.25, -0.2) is 4.98 Å². The van der Waals surface area contributed by atoms with Gasteiger partial charge in [0, 0.05) is 24.5 Å². The number of likely N-dealkylation sites (tertiary alicyclic amines) is 1. The third kappa shape index (κ3) is 4.97. The number of anilines is 1. The highest BCUT2D eigenvalue weighted by Crippen LogP contribution is 2.24. The van der Waals surface area contributed by atoms with Gasteiger partial charge >= 0.3 is 0 Å². The van der Waals surface area contributed by atoms with Crippen molar-refractivity contribution in [1.29, 1.82) is 0 Å². The molecular weight excluding hydrogens is 400 g/mol. The quantitative estimate of drug-likeness (QED) is 0.571. The lowest BCUT2D eigenvalue weighted by Gasteiger charge is -2.26. The lowest BCUT2D eigenvalue weighted by molar-refractivity contribution is -0.138. The Bertz CT molecular complexity index is 1100. The molecule has 1 aromatic heterocycles. The molecule has 0 aliphatic carbocycles. The fourth-order valence-electron chi connectivity index (χ4n) is 4.51. The summed E-state index contributed by atoms with van der Waals surface area (Å²) in [7, 11) is 0. The van der Waals surface area contributed by atoms with E-state index in [1.165, 1.54) is 0 Å². The van der Waals surface area contributed by atoms with E-state index in [2.05, 4.69) is 11.1 Å². The third-order valence-corrected chi connectivity index (χ3v) is 6.33.